The van der Waals surface area contributed by atoms with Crippen molar-refractivity contribution in [2.75, 3.05) is 42.2 Å². The highest BCUT2D eigenvalue weighted by molar-refractivity contribution is 5.26. The zero-order valence-electron chi connectivity index (χ0n) is 53.3. The summed E-state index contributed by atoms with van der Waals surface area (Å²) in [4.78, 5) is 12.5. The van der Waals surface area contributed by atoms with Gasteiger partial charge in [-0.3, -0.25) is 0 Å². The van der Waals surface area contributed by atoms with Crippen molar-refractivity contribution in [2.45, 2.75) is 317 Å². The van der Waals surface area contributed by atoms with Crippen molar-refractivity contribution in [1.29, 1.82) is 0 Å². The van der Waals surface area contributed by atoms with Gasteiger partial charge in [-0.15, -0.1) is 0 Å². The first kappa shape index (κ1) is 66.3. The number of hydrogen-bond donors (Lipinski definition) is 4. The summed E-state index contributed by atoms with van der Waals surface area (Å²) in [6.45, 7) is 18.0. The standard InChI is InChI=1S/C63H104O23/c1-30-51(65)58(72-14)52(66)59(78-30)83-55-33(4)76-49(26-44(55)70-12)81-53-31(2)74-48(24-42(53)68-10)80-54-32(3)75-50(25-43(54)69-11)82-56-35(6)84-62(28-46(56)71-13)29-73-45-27-47(77-34(5)57(45)85-86-62)79-36(7)63(67)22-19-41-39-16-15-37-23-38(64)17-20-60(37,8)40(39)18-21-61(41,63)9/h15,30-36,38-59,64-67H,16-29H2,1-14H3/t30-,31+,32+,33+,34-,35+,36+,38-,39+,40+,41-,42+,43+,44+,45-,46+,47+,48-,49-,50-,51-,52-,53+,54+,55+,56+,57-,58+,59+,60-,61+,62-,63-/m0/s1. The van der Waals surface area contributed by atoms with Gasteiger partial charge in [0, 0.05) is 73.1 Å². The van der Waals surface area contributed by atoms with E-state index in [2.05, 4.69) is 19.9 Å². The Labute approximate surface area is 508 Å². The highest BCUT2D eigenvalue weighted by Crippen LogP contribution is 2.68. The van der Waals surface area contributed by atoms with Crippen LogP contribution in [0.5, 0.6) is 0 Å². The Morgan fingerprint density at radius 2 is 1.13 bits per heavy atom. The Balaban J connectivity index is 0.652. The molecule has 33 atom stereocenters. The van der Waals surface area contributed by atoms with Crippen LogP contribution < -0.4 is 0 Å². The van der Waals surface area contributed by atoms with Gasteiger partial charge in [0.2, 0.25) is 5.79 Å². The summed E-state index contributed by atoms with van der Waals surface area (Å²) in [7, 11) is 7.92. The van der Waals surface area contributed by atoms with Crippen LogP contribution in [0.2, 0.25) is 0 Å². The molecular formula is C63H104O23. The van der Waals surface area contributed by atoms with Crippen molar-refractivity contribution in [3.8, 4) is 0 Å². The van der Waals surface area contributed by atoms with Crippen LogP contribution in [0.15, 0.2) is 11.6 Å². The van der Waals surface area contributed by atoms with Crippen molar-refractivity contribution >= 4 is 0 Å². The van der Waals surface area contributed by atoms with Gasteiger partial charge in [-0.2, -0.15) is 4.89 Å². The Bertz CT molecular complexity index is 2270. The quantitative estimate of drug-likeness (QED) is 0.113. The number of aliphatic hydroxyl groups excluding tert-OH is 3. The molecule has 11 rings (SSSR count). The first-order chi connectivity index (χ1) is 41.0. The van der Waals surface area contributed by atoms with Gasteiger partial charge in [0.05, 0.1) is 85.0 Å². The number of allylic oxidation sites excluding steroid dienone is 1. The van der Waals surface area contributed by atoms with Crippen molar-refractivity contribution in [1.82, 2.24) is 0 Å². The minimum Gasteiger partial charge on any atom is -0.393 e. The van der Waals surface area contributed by atoms with Gasteiger partial charge in [0.1, 0.15) is 55.4 Å². The minimum absolute atomic E-state index is 0.0603. The second kappa shape index (κ2) is 26.7. The molecule has 4 aliphatic carbocycles. The summed E-state index contributed by atoms with van der Waals surface area (Å²) in [6.07, 6.45) is -4.57. The van der Waals surface area contributed by atoms with Crippen LogP contribution >= 0.6 is 0 Å². The normalized spacial score (nSPS) is 53.8. The summed E-state index contributed by atoms with van der Waals surface area (Å²) < 4.78 is 108. The summed E-state index contributed by atoms with van der Waals surface area (Å²) in [5.41, 5.74) is 0.247. The fourth-order valence-electron chi connectivity index (χ4n) is 17.8. The predicted octanol–water partition coefficient (Wildman–Crippen LogP) is 5.29. The van der Waals surface area contributed by atoms with E-state index >= 15 is 0 Å². The largest absolute Gasteiger partial charge is 0.393 e. The molecule has 0 aromatic carbocycles. The van der Waals surface area contributed by atoms with Crippen LogP contribution in [0.25, 0.3) is 0 Å². The van der Waals surface area contributed by atoms with E-state index in [0.29, 0.717) is 49.9 Å². The fraction of sp³-hybridized carbons (Fsp3) is 0.968. The average molecular weight is 1230 g/mol. The predicted molar refractivity (Wildman–Crippen MR) is 302 cm³/mol. The summed E-state index contributed by atoms with van der Waals surface area (Å²) in [6, 6.07) is 0. The fourth-order valence-corrected chi connectivity index (χ4v) is 17.8. The second-order valence-corrected chi connectivity index (χ2v) is 27.7. The van der Waals surface area contributed by atoms with Gasteiger partial charge < -0.3 is 101 Å². The van der Waals surface area contributed by atoms with E-state index in [4.69, 9.17) is 90.3 Å². The number of methoxy groups -OCH3 is 5. The van der Waals surface area contributed by atoms with Crippen LogP contribution in [0.4, 0.5) is 0 Å². The van der Waals surface area contributed by atoms with Crippen molar-refractivity contribution in [3.63, 3.8) is 0 Å². The lowest BCUT2D eigenvalue weighted by Gasteiger charge is -2.59. The Morgan fingerprint density at radius 3 is 1.71 bits per heavy atom. The number of rotatable bonds is 16. The lowest BCUT2D eigenvalue weighted by molar-refractivity contribution is -0.472. The van der Waals surface area contributed by atoms with E-state index in [0.717, 1.165) is 44.9 Å². The maximum atomic E-state index is 12.8. The third-order valence-corrected chi connectivity index (χ3v) is 22.9. The van der Waals surface area contributed by atoms with E-state index in [9.17, 15) is 20.4 Å². The van der Waals surface area contributed by atoms with Gasteiger partial charge in [0.15, 0.2) is 31.5 Å². The maximum Gasteiger partial charge on any atom is 0.228 e. The minimum atomic E-state index is -1.32. The van der Waals surface area contributed by atoms with Gasteiger partial charge in [-0.05, 0) is 123 Å². The van der Waals surface area contributed by atoms with E-state index < -0.39 is 165 Å². The van der Waals surface area contributed by atoms with Gasteiger partial charge in [-0.25, -0.2) is 4.89 Å². The molecule has 3 saturated carbocycles. The Morgan fingerprint density at radius 1 is 0.570 bits per heavy atom. The second-order valence-electron chi connectivity index (χ2n) is 27.7. The molecule has 0 unspecified atom stereocenters. The molecule has 7 saturated heterocycles. The topological polar surface area (TPSA) is 256 Å². The van der Waals surface area contributed by atoms with Crippen LogP contribution in [0.1, 0.15) is 146 Å². The zero-order chi connectivity index (χ0) is 61.4. The summed E-state index contributed by atoms with van der Waals surface area (Å²) in [5.74, 6) is 0.139. The zero-order valence-corrected chi connectivity index (χ0v) is 53.3. The van der Waals surface area contributed by atoms with Crippen LogP contribution in [0.3, 0.4) is 0 Å². The number of ether oxygens (including phenoxy) is 17. The third kappa shape index (κ3) is 12.5. The van der Waals surface area contributed by atoms with E-state index in [1.54, 1.807) is 35.4 Å². The average Bonchev–Trinajstić information content (AvgIpc) is 1.44. The lowest BCUT2D eigenvalue weighted by Crippen LogP contribution is -2.61. The molecule has 4 N–H and O–H groups in total. The van der Waals surface area contributed by atoms with Gasteiger partial charge in [0.25, 0.3) is 0 Å². The highest BCUT2D eigenvalue weighted by Gasteiger charge is 2.66. The maximum absolute atomic E-state index is 12.8. The molecule has 0 aromatic heterocycles. The van der Waals surface area contributed by atoms with Crippen molar-refractivity contribution in [3.05, 3.63) is 11.6 Å². The number of hydrogen-bond acceptors (Lipinski definition) is 23. The van der Waals surface area contributed by atoms with E-state index in [1.807, 2.05) is 41.5 Å². The first-order valence-electron chi connectivity index (χ1n) is 32.3. The highest BCUT2D eigenvalue weighted by atomic mass is 17.2. The molecule has 0 radical (unpaired) electrons. The van der Waals surface area contributed by atoms with E-state index in [1.165, 1.54) is 12.7 Å². The van der Waals surface area contributed by atoms with Gasteiger partial charge in [-0.1, -0.05) is 25.5 Å². The first-order valence-corrected chi connectivity index (χ1v) is 32.3. The molecule has 11 aliphatic rings. The lowest BCUT2D eigenvalue weighted by atomic mass is 9.46. The molecular weight excluding hydrogens is 1120 g/mol. The molecule has 494 valence electrons. The molecule has 1 spiro atoms. The van der Waals surface area contributed by atoms with Crippen LogP contribution in [0, 0.1) is 28.6 Å². The number of fused-ring (bicyclic) bond motifs is 6. The smallest absolute Gasteiger partial charge is 0.228 e. The molecule has 86 heavy (non-hydrogen) atoms. The van der Waals surface area contributed by atoms with Crippen molar-refractivity contribution < 1.29 is 111 Å². The van der Waals surface area contributed by atoms with Crippen LogP contribution in [-0.2, 0) is 90.3 Å². The Kier molecular flexibility index (Phi) is 20.6. The van der Waals surface area contributed by atoms with Crippen molar-refractivity contribution in [2.24, 2.45) is 28.6 Å². The van der Waals surface area contributed by atoms with E-state index in [-0.39, 0.29) is 30.0 Å². The summed E-state index contributed by atoms with van der Waals surface area (Å²) in [5, 5.41) is 44.8. The molecule has 0 amide bonds. The van der Waals surface area contributed by atoms with Gasteiger partial charge >= 0.3 is 0 Å². The molecule has 23 nitrogen and oxygen atoms in total. The number of aliphatic hydroxyl groups is 4. The monoisotopic (exact) mass is 1230 g/mol. The summed E-state index contributed by atoms with van der Waals surface area (Å²) >= 11 is 0. The molecule has 0 bridgehead atoms. The molecule has 10 fully saturated rings. The molecule has 23 heteroatoms. The van der Waals surface area contributed by atoms with Crippen LogP contribution in [-0.4, -0.2) is 234 Å². The Hall–Kier alpha value is -1.18. The molecule has 0 aromatic rings. The SMILES string of the molecule is CO[C@H]1[C@H](O)[C@@H](O[C@@H]2[C@@H](C)O[C@@H](O[C@@H]3[C@@H](C)O[C@@H](O[C@@H]4[C@@H](C)O[C@@H](O[C@@H]5[C@@H](C)O[C@@]6(CO[C@H]7C[C@@H](O[C@H](C)[C@@]8(O)CC[C@H]9[C@@H]%10CC=C%11C[C@@H](O)CC[C@]%11(C)[C@@H]%10CC[C@]98C)O[C@@H](C)[C@@H]7OO6)C[C@H]5OC)C[C@H]4OC)C[C@H]3OC)C[C@H]2OC)O[C@@H](C)[C@@H]1O. The molecule has 7 heterocycles. The third-order valence-electron chi connectivity index (χ3n) is 22.9. The molecule has 7 aliphatic heterocycles.